The molecule has 4 heteroatoms. The second-order valence-electron chi connectivity index (χ2n) is 4.97. The van der Waals surface area contributed by atoms with E-state index in [2.05, 4.69) is 46.5 Å². The van der Waals surface area contributed by atoms with E-state index in [4.69, 9.17) is 11.6 Å². The van der Waals surface area contributed by atoms with Gasteiger partial charge in [0.15, 0.2) is 5.15 Å². The molecule has 0 spiro atoms. The maximum atomic E-state index is 6.14. The Morgan fingerprint density at radius 2 is 2.00 bits per heavy atom. The van der Waals surface area contributed by atoms with E-state index in [1.165, 1.54) is 12.0 Å². The molecule has 1 heterocycles. The number of unbranched alkanes of at least 4 members (excludes halogenated alkanes) is 1. The Labute approximate surface area is 125 Å². The SMILES string of the molecule is CCCCc1nc(Cl)c(CNCCc2ccccc2)[nH]1. The Morgan fingerprint density at radius 1 is 1.20 bits per heavy atom. The Morgan fingerprint density at radius 3 is 2.75 bits per heavy atom. The Hall–Kier alpha value is -1.32. The molecule has 0 aliphatic heterocycles. The fourth-order valence-corrected chi connectivity index (χ4v) is 2.33. The number of nitrogens with zero attached hydrogens (tertiary/aromatic N) is 1. The van der Waals surface area contributed by atoms with Crippen molar-refractivity contribution in [1.82, 2.24) is 15.3 Å². The van der Waals surface area contributed by atoms with Crippen molar-refractivity contribution >= 4 is 11.6 Å². The molecule has 0 fully saturated rings. The molecule has 0 aliphatic carbocycles. The standard InChI is InChI=1S/C16H22ClN3/c1-2-3-9-15-19-14(16(17)20-15)12-18-11-10-13-7-5-4-6-8-13/h4-8,18H,2-3,9-12H2,1H3,(H,19,20). The Balaban J connectivity index is 1.75. The number of H-pyrrole nitrogens is 1. The molecule has 2 N–H and O–H groups in total. The van der Waals surface area contributed by atoms with Crippen molar-refractivity contribution in [1.29, 1.82) is 0 Å². The predicted octanol–water partition coefficient (Wildman–Crippen LogP) is 3.74. The molecule has 1 aromatic carbocycles. The number of hydrogen-bond acceptors (Lipinski definition) is 2. The summed E-state index contributed by atoms with van der Waals surface area (Å²) in [5.41, 5.74) is 2.34. The zero-order valence-corrected chi connectivity index (χ0v) is 12.7. The second-order valence-corrected chi connectivity index (χ2v) is 5.33. The number of halogens is 1. The van der Waals surface area contributed by atoms with Crippen LogP contribution in [0, 0.1) is 0 Å². The first-order valence-corrected chi connectivity index (χ1v) is 7.65. The third kappa shape index (κ3) is 4.66. The third-order valence-electron chi connectivity index (χ3n) is 3.28. The Bertz CT molecular complexity index is 508. The van der Waals surface area contributed by atoms with E-state index in [0.29, 0.717) is 5.15 Å². The second kappa shape index (κ2) is 8.08. The van der Waals surface area contributed by atoms with Crippen molar-refractivity contribution in [3.63, 3.8) is 0 Å². The van der Waals surface area contributed by atoms with Crippen LogP contribution >= 0.6 is 11.6 Å². The van der Waals surface area contributed by atoms with Gasteiger partial charge in [-0.2, -0.15) is 0 Å². The van der Waals surface area contributed by atoms with E-state index in [1.54, 1.807) is 0 Å². The van der Waals surface area contributed by atoms with E-state index >= 15 is 0 Å². The molecular formula is C16H22ClN3. The summed E-state index contributed by atoms with van der Waals surface area (Å²) in [6.45, 7) is 3.85. The minimum absolute atomic E-state index is 0.600. The van der Waals surface area contributed by atoms with Gasteiger partial charge in [-0.05, 0) is 24.9 Å². The predicted molar refractivity (Wildman–Crippen MR) is 84.1 cm³/mol. The lowest BCUT2D eigenvalue weighted by Crippen LogP contribution is -2.17. The van der Waals surface area contributed by atoms with Gasteiger partial charge in [-0.15, -0.1) is 0 Å². The quantitative estimate of drug-likeness (QED) is 0.728. The molecule has 0 radical (unpaired) electrons. The molecule has 2 rings (SSSR count). The van der Waals surface area contributed by atoms with Gasteiger partial charge in [0, 0.05) is 13.0 Å². The number of benzene rings is 1. The maximum absolute atomic E-state index is 6.14. The summed E-state index contributed by atoms with van der Waals surface area (Å²) in [6.07, 6.45) is 4.31. The smallest absolute Gasteiger partial charge is 0.151 e. The number of aromatic nitrogens is 2. The van der Waals surface area contributed by atoms with Gasteiger partial charge >= 0.3 is 0 Å². The minimum Gasteiger partial charge on any atom is -0.344 e. The highest BCUT2D eigenvalue weighted by Gasteiger charge is 2.07. The molecule has 20 heavy (non-hydrogen) atoms. The van der Waals surface area contributed by atoms with E-state index in [0.717, 1.165) is 43.9 Å². The molecule has 0 unspecified atom stereocenters. The largest absolute Gasteiger partial charge is 0.344 e. The van der Waals surface area contributed by atoms with E-state index in [9.17, 15) is 0 Å². The van der Waals surface area contributed by atoms with Crippen LogP contribution in [0.3, 0.4) is 0 Å². The molecule has 0 aliphatic rings. The maximum Gasteiger partial charge on any atom is 0.151 e. The van der Waals surface area contributed by atoms with Crippen molar-refractivity contribution < 1.29 is 0 Å². The van der Waals surface area contributed by atoms with Crippen LogP contribution in [0.2, 0.25) is 5.15 Å². The molecule has 0 saturated heterocycles. The van der Waals surface area contributed by atoms with Gasteiger partial charge in [-0.25, -0.2) is 4.98 Å². The van der Waals surface area contributed by atoms with Crippen molar-refractivity contribution in [3.05, 3.63) is 52.6 Å². The summed E-state index contributed by atoms with van der Waals surface area (Å²) >= 11 is 6.14. The zero-order valence-electron chi connectivity index (χ0n) is 12.0. The van der Waals surface area contributed by atoms with Crippen LogP contribution < -0.4 is 5.32 Å². The van der Waals surface area contributed by atoms with Crippen LogP contribution in [-0.4, -0.2) is 16.5 Å². The minimum atomic E-state index is 0.600. The lowest BCUT2D eigenvalue weighted by molar-refractivity contribution is 0.674. The lowest BCUT2D eigenvalue weighted by Gasteiger charge is -2.03. The van der Waals surface area contributed by atoms with Crippen molar-refractivity contribution in [3.8, 4) is 0 Å². The molecule has 2 aromatic rings. The Kier molecular flexibility index (Phi) is 6.09. The van der Waals surface area contributed by atoms with Gasteiger partial charge in [0.2, 0.25) is 0 Å². The van der Waals surface area contributed by atoms with Gasteiger partial charge in [0.1, 0.15) is 5.82 Å². The molecule has 0 amide bonds. The van der Waals surface area contributed by atoms with Crippen LogP contribution in [-0.2, 0) is 19.4 Å². The summed E-state index contributed by atoms with van der Waals surface area (Å²) in [6, 6.07) is 10.5. The molecule has 108 valence electrons. The monoisotopic (exact) mass is 291 g/mol. The van der Waals surface area contributed by atoms with Gasteiger partial charge in [-0.1, -0.05) is 55.3 Å². The fraction of sp³-hybridized carbons (Fsp3) is 0.438. The topological polar surface area (TPSA) is 40.7 Å². The number of hydrogen-bond donors (Lipinski definition) is 2. The first kappa shape index (κ1) is 15.1. The van der Waals surface area contributed by atoms with Gasteiger partial charge in [0.05, 0.1) is 5.69 Å². The summed E-state index contributed by atoms with van der Waals surface area (Å²) in [5.74, 6) is 0.997. The molecule has 3 nitrogen and oxygen atoms in total. The molecule has 0 saturated carbocycles. The van der Waals surface area contributed by atoms with Crippen LogP contribution in [0.25, 0.3) is 0 Å². The van der Waals surface area contributed by atoms with E-state index in [-0.39, 0.29) is 0 Å². The van der Waals surface area contributed by atoms with Crippen molar-refractivity contribution in [2.24, 2.45) is 0 Å². The van der Waals surface area contributed by atoms with E-state index < -0.39 is 0 Å². The molecule has 0 bridgehead atoms. The number of imidazole rings is 1. The molecule has 1 aromatic heterocycles. The van der Waals surface area contributed by atoms with Gasteiger partial charge < -0.3 is 10.3 Å². The first-order valence-electron chi connectivity index (χ1n) is 7.27. The van der Waals surface area contributed by atoms with Crippen molar-refractivity contribution in [2.75, 3.05) is 6.54 Å². The number of rotatable bonds is 8. The van der Waals surface area contributed by atoms with Gasteiger partial charge in [-0.3, -0.25) is 0 Å². The van der Waals surface area contributed by atoms with Crippen LogP contribution in [0.5, 0.6) is 0 Å². The normalized spacial score (nSPS) is 10.9. The third-order valence-corrected chi connectivity index (χ3v) is 3.59. The highest BCUT2D eigenvalue weighted by Crippen LogP contribution is 2.13. The van der Waals surface area contributed by atoms with Crippen LogP contribution in [0.4, 0.5) is 0 Å². The highest BCUT2D eigenvalue weighted by molar-refractivity contribution is 6.30. The number of aryl methyl sites for hydroxylation is 1. The zero-order chi connectivity index (χ0) is 14.2. The first-order chi connectivity index (χ1) is 9.79. The van der Waals surface area contributed by atoms with Crippen LogP contribution in [0.1, 0.15) is 36.8 Å². The number of nitrogens with one attached hydrogen (secondary N) is 2. The highest BCUT2D eigenvalue weighted by atomic mass is 35.5. The average molecular weight is 292 g/mol. The summed E-state index contributed by atoms with van der Waals surface area (Å²) in [5, 5.41) is 4.01. The van der Waals surface area contributed by atoms with Crippen LogP contribution in [0.15, 0.2) is 30.3 Å². The molecule has 0 atom stereocenters. The molecular weight excluding hydrogens is 270 g/mol. The van der Waals surface area contributed by atoms with Crippen molar-refractivity contribution in [2.45, 2.75) is 39.2 Å². The van der Waals surface area contributed by atoms with Gasteiger partial charge in [0.25, 0.3) is 0 Å². The summed E-state index contributed by atoms with van der Waals surface area (Å²) in [7, 11) is 0. The lowest BCUT2D eigenvalue weighted by atomic mass is 10.1. The van der Waals surface area contributed by atoms with E-state index in [1.807, 2.05) is 6.07 Å². The average Bonchev–Trinajstić information content (AvgIpc) is 2.83. The fourth-order valence-electron chi connectivity index (χ4n) is 2.11. The number of aromatic amines is 1. The summed E-state index contributed by atoms with van der Waals surface area (Å²) in [4.78, 5) is 7.66. The summed E-state index contributed by atoms with van der Waals surface area (Å²) < 4.78 is 0.